The fourth-order valence-corrected chi connectivity index (χ4v) is 1.69. The quantitative estimate of drug-likeness (QED) is 0.223. The average molecular weight is 396 g/mol. The van der Waals surface area contributed by atoms with Crippen LogP contribution in [0, 0.1) is 5.41 Å². The fourth-order valence-electron chi connectivity index (χ4n) is 1.69. The lowest BCUT2D eigenvalue weighted by Gasteiger charge is -2.28. The molecule has 0 aliphatic carbocycles. The number of aliphatic hydroxyl groups excluding tert-OH is 2. The largest absolute Gasteiger partial charge is 0.465 e. The molecular weight excluding hydrogens is 364 g/mol. The van der Waals surface area contributed by atoms with Crippen LogP contribution < -0.4 is 0 Å². The first-order valence-corrected chi connectivity index (χ1v) is 8.70. The molecule has 0 aromatic carbocycles. The number of carbonyl (C=O) groups is 2. The van der Waals surface area contributed by atoms with Crippen molar-refractivity contribution in [1.29, 1.82) is 0 Å². The summed E-state index contributed by atoms with van der Waals surface area (Å²) in [4.78, 5) is 23.4. The molecule has 0 aliphatic heterocycles. The molecule has 0 aromatic rings. The summed E-state index contributed by atoms with van der Waals surface area (Å²) in [5.74, 6) is -1.09. The van der Waals surface area contributed by atoms with Gasteiger partial charge >= 0.3 is 11.9 Å². The molecule has 0 heterocycles. The first-order chi connectivity index (χ1) is 13.0. The van der Waals surface area contributed by atoms with Crippen molar-refractivity contribution < 1.29 is 48.2 Å². The Morgan fingerprint density at radius 2 is 1.11 bits per heavy atom. The number of hydrogen-bond donors (Lipinski definition) is 2. The molecule has 0 unspecified atom stereocenters. The smallest absolute Gasteiger partial charge is 0.308 e. The molecule has 0 fully saturated rings. The van der Waals surface area contributed by atoms with Crippen molar-refractivity contribution in [3.63, 3.8) is 0 Å². The number of ether oxygens (including phenoxy) is 6. The lowest BCUT2D eigenvalue weighted by molar-refractivity contribution is -0.160. The topological polar surface area (TPSA) is 130 Å². The summed E-state index contributed by atoms with van der Waals surface area (Å²) in [5, 5.41) is 19.1. The third-order valence-electron chi connectivity index (χ3n) is 3.51. The molecule has 0 aliphatic rings. The standard InChI is InChI=1S/C17H32O10/c1-22-7-9-24-5-3-15(20)26-13-17(11-18,12-19)14-27-16(21)4-6-25-10-8-23-2/h18-19H,3-14H2,1-2H3. The van der Waals surface area contributed by atoms with Crippen molar-refractivity contribution >= 4 is 11.9 Å². The van der Waals surface area contributed by atoms with Gasteiger partial charge in [0.05, 0.1) is 71.1 Å². The summed E-state index contributed by atoms with van der Waals surface area (Å²) in [7, 11) is 3.09. The van der Waals surface area contributed by atoms with Crippen LogP contribution in [0.5, 0.6) is 0 Å². The number of rotatable bonds is 18. The second kappa shape index (κ2) is 16.8. The normalized spacial score (nSPS) is 11.4. The number of hydrogen-bond acceptors (Lipinski definition) is 10. The van der Waals surface area contributed by atoms with Gasteiger partial charge in [0.15, 0.2) is 0 Å². The summed E-state index contributed by atoms with van der Waals surface area (Å²) < 4.78 is 30.0. The highest BCUT2D eigenvalue weighted by molar-refractivity contribution is 5.70. The van der Waals surface area contributed by atoms with Crippen molar-refractivity contribution in [3.8, 4) is 0 Å². The van der Waals surface area contributed by atoms with Gasteiger partial charge in [-0.3, -0.25) is 9.59 Å². The third-order valence-corrected chi connectivity index (χ3v) is 3.51. The highest BCUT2D eigenvalue weighted by Crippen LogP contribution is 2.18. The van der Waals surface area contributed by atoms with Crippen LogP contribution in [-0.4, -0.2) is 102 Å². The van der Waals surface area contributed by atoms with E-state index in [2.05, 4.69) is 0 Å². The Hall–Kier alpha value is -1.30. The van der Waals surface area contributed by atoms with Crippen LogP contribution in [0.4, 0.5) is 0 Å². The predicted octanol–water partition coefficient (Wildman–Crippen LogP) is -0.850. The molecule has 10 nitrogen and oxygen atoms in total. The molecule has 0 aromatic heterocycles. The molecule has 0 saturated heterocycles. The van der Waals surface area contributed by atoms with E-state index in [-0.39, 0.29) is 39.3 Å². The van der Waals surface area contributed by atoms with Gasteiger partial charge in [0.25, 0.3) is 0 Å². The molecular formula is C17H32O10. The Bertz CT molecular complexity index is 352. The van der Waals surface area contributed by atoms with E-state index in [4.69, 9.17) is 28.4 Å². The van der Waals surface area contributed by atoms with Gasteiger partial charge in [-0.2, -0.15) is 0 Å². The lowest BCUT2D eigenvalue weighted by atomic mass is 9.92. The maximum atomic E-state index is 11.7. The van der Waals surface area contributed by atoms with Gasteiger partial charge in [-0.15, -0.1) is 0 Å². The summed E-state index contributed by atoms with van der Waals surface area (Å²) in [6.45, 7) is 0.335. The molecule has 0 rings (SSSR count). The zero-order valence-electron chi connectivity index (χ0n) is 16.1. The molecule has 27 heavy (non-hydrogen) atoms. The SMILES string of the molecule is COCCOCCC(=O)OCC(CO)(CO)COC(=O)CCOCCOC. The Labute approximate surface area is 159 Å². The maximum absolute atomic E-state index is 11.7. The van der Waals surface area contributed by atoms with Gasteiger partial charge in [-0.1, -0.05) is 0 Å². The number of aliphatic hydroxyl groups is 2. The first kappa shape index (κ1) is 25.7. The molecule has 2 N–H and O–H groups in total. The molecule has 160 valence electrons. The highest BCUT2D eigenvalue weighted by Gasteiger charge is 2.33. The van der Waals surface area contributed by atoms with Crippen LogP contribution in [0.2, 0.25) is 0 Å². The zero-order chi connectivity index (χ0) is 20.4. The summed E-state index contributed by atoms with van der Waals surface area (Å²) in [6.07, 6.45) is 0.0461. The van der Waals surface area contributed by atoms with E-state index in [0.717, 1.165) is 0 Å². The van der Waals surface area contributed by atoms with Crippen molar-refractivity contribution in [3.05, 3.63) is 0 Å². The summed E-state index contributed by atoms with van der Waals surface area (Å²) in [5.41, 5.74) is -1.26. The lowest BCUT2D eigenvalue weighted by Crippen LogP contribution is -2.41. The Balaban J connectivity index is 4.11. The van der Waals surface area contributed by atoms with Gasteiger partial charge in [0.2, 0.25) is 0 Å². The van der Waals surface area contributed by atoms with Gasteiger partial charge in [0.1, 0.15) is 13.2 Å². The Kier molecular flexibility index (Phi) is 16.0. The van der Waals surface area contributed by atoms with Crippen LogP contribution >= 0.6 is 0 Å². The second-order valence-electron chi connectivity index (χ2n) is 5.85. The average Bonchev–Trinajstić information content (AvgIpc) is 2.68. The first-order valence-electron chi connectivity index (χ1n) is 8.70. The molecule has 0 bridgehead atoms. The van der Waals surface area contributed by atoms with E-state index >= 15 is 0 Å². The van der Waals surface area contributed by atoms with E-state index in [1.807, 2.05) is 0 Å². The molecule has 0 radical (unpaired) electrons. The summed E-state index contributed by atoms with van der Waals surface area (Å²) in [6, 6.07) is 0. The van der Waals surface area contributed by atoms with Crippen LogP contribution in [-0.2, 0) is 38.0 Å². The van der Waals surface area contributed by atoms with Gasteiger partial charge in [-0.25, -0.2) is 0 Å². The maximum Gasteiger partial charge on any atom is 0.308 e. The van der Waals surface area contributed by atoms with Crippen LogP contribution in [0.15, 0.2) is 0 Å². The minimum atomic E-state index is -1.26. The molecule has 0 saturated carbocycles. The number of methoxy groups -OCH3 is 2. The summed E-state index contributed by atoms with van der Waals surface area (Å²) >= 11 is 0. The van der Waals surface area contributed by atoms with Crippen LogP contribution in [0.25, 0.3) is 0 Å². The molecule has 0 atom stereocenters. The number of carbonyl (C=O) groups excluding carboxylic acids is 2. The predicted molar refractivity (Wildman–Crippen MR) is 93.1 cm³/mol. The van der Waals surface area contributed by atoms with E-state index in [1.54, 1.807) is 14.2 Å². The molecule has 10 heteroatoms. The number of esters is 2. The highest BCUT2D eigenvalue weighted by atomic mass is 16.6. The second-order valence-corrected chi connectivity index (χ2v) is 5.85. The van der Waals surface area contributed by atoms with Crippen molar-refractivity contribution in [1.82, 2.24) is 0 Å². The van der Waals surface area contributed by atoms with Crippen molar-refractivity contribution in [2.45, 2.75) is 12.8 Å². The van der Waals surface area contributed by atoms with E-state index in [9.17, 15) is 19.8 Å². The third kappa shape index (κ3) is 13.5. The van der Waals surface area contributed by atoms with Gasteiger partial charge in [-0.05, 0) is 0 Å². The fraction of sp³-hybridized carbons (Fsp3) is 0.882. The van der Waals surface area contributed by atoms with Crippen molar-refractivity contribution in [2.75, 3.05) is 80.3 Å². The molecule has 0 amide bonds. The van der Waals surface area contributed by atoms with Crippen LogP contribution in [0.1, 0.15) is 12.8 Å². The van der Waals surface area contributed by atoms with E-state index in [0.29, 0.717) is 26.4 Å². The van der Waals surface area contributed by atoms with E-state index in [1.165, 1.54) is 0 Å². The Morgan fingerprint density at radius 3 is 1.44 bits per heavy atom. The van der Waals surface area contributed by atoms with Crippen LogP contribution in [0.3, 0.4) is 0 Å². The minimum absolute atomic E-state index is 0.0231. The van der Waals surface area contributed by atoms with Gasteiger partial charge in [0, 0.05) is 14.2 Å². The van der Waals surface area contributed by atoms with Crippen molar-refractivity contribution in [2.24, 2.45) is 5.41 Å². The van der Waals surface area contributed by atoms with E-state index < -0.39 is 30.6 Å². The molecule has 0 spiro atoms. The monoisotopic (exact) mass is 396 g/mol. The zero-order valence-corrected chi connectivity index (χ0v) is 16.1. The minimum Gasteiger partial charge on any atom is -0.465 e. The Morgan fingerprint density at radius 1 is 0.704 bits per heavy atom. The van der Waals surface area contributed by atoms with Gasteiger partial charge < -0.3 is 38.6 Å².